The van der Waals surface area contributed by atoms with Crippen molar-refractivity contribution in [1.29, 1.82) is 0 Å². The summed E-state index contributed by atoms with van der Waals surface area (Å²) in [4.78, 5) is 20.6. The molecule has 0 bridgehead atoms. The number of amides is 2. The van der Waals surface area contributed by atoms with E-state index in [-0.39, 0.29) is 6.03 Å². The first-order chi connectivity index (χ1) is 11.6. The van der Waals surface area contributed by atoms with Gasteiger partial charge in [0, 0.05) is 45.0 Å². The number of carbonyl (C=O) groups excluding carboxylic acids is 1. The van der Waals surface area contributed by atoms with E-state index >= 15 is 0 Å². The number of nitrogens with one attached hydrogen (secondary N) is 1. The van der Waals surface area contributed by atoms with Crippen molar-refractivity contribution in [3.8, 4) is 5.88 Å². The van der Waals surface area contributed by atoms with Gasteiger partial charge in [-0.1, -0.05) is 6.07 Å². The summed E-state index contributed by atoms with van der Waals surface area (Å²) < 4.78 is 10.3. The number of hydrogen-bond donors (Lipinski definition) is 1. The molecule has 1 atom stereocenters. The molecule has 1 aliphatic heterocycles. The molecule has 0 unspecified atom stereocenters. The predicted molar refractivity (Wildman–Crippen MR) is 92.1 cm³/mol. The molecule has 1 aromatic rings. The van der Waals surface area contributed by atoms with Crippen molar-refractivity contribution in [1.82, 2.24) is 20.1 Å². The highest BCUT2D eigenvalue weighted by Crippen LogP contribution is 2.14. The van der Waals surface area contributed by atoms with Gasteiger partial charge in [0.15, 0.2) is 0 Å². The number of hydrogen-bond acceptors (Lipinski definition) is 5. The van der Waals surface area contributed by atoms with E-state index in [2.05, 4.69) is 29.3 Å². The number of likely N-dealkylation sites (N-methyl/N-ethyl adjacent to an activating group) is 1. The van der Waals surface area contributed by atoms with Crippen molar-refractivity contribution < 1.29 is 14.3 Å². The molecule has 1 saturated heterocycles. The zero-order valence-electron chi connectivity index (χ0n) is 14.8. The van der Waals surface area contributed by atoms with Crippen molar-refractivity contribution in [3.63, 3.8) is 0 Å². The Hall–Kier alpha value is -1.86. The van der Waals surface area contributed by atoms with Gasteiger partial charge in [-0.05, 0) is 32.5 Å². The second-order valence-corrected chi connectivity index (χ2v) is 6.21. The largest absolute Gasteiger partial charge is 0.475 e. The molecular formula is C17H28N4O3. The quantitative estimate of drug-likeness (QED) is 0.761. The highest BCUT2D eigenvalue weighted by molar-refractivity contribution is 5.74. The summed E-state index contributed by atoms with van der Waals surface area (Å²) in [5.74, 6) is 0.562. The van der Waals surface area contributed by atoms with Crippen LogP contribution < -0.4 is 10.1 Å². The number of piperidine rings is 1. The van der Waals surface area contributed by atoms with Gasteiger partial charge >= 0.3 is 6.03 Å². The number of likely N-dealkylation sites (tertiary alicyclic amines) is 1. The smallest absolute Gasteiger partial charge is 0.317 e. The van der Waals surface area contributed by atoms with Crippen LogP contribution in [0.5, 0.6) is 5.88 Å². The van der Waals surface area contributed by atoms with Gasteiger partial charge < -0.3 is 24.6 Å². The van der Waals surface area contributed by atoms with E-state index in [9.17, 15) is 4.79 Å². The van der Waals surface area contributed by atoms with Crippen LogP contribution in [0.2, 0.25) is 0 Å². The topological polar surface area (TPSA) is 66.9 Å². The normalized spacial score (nSPS) is 17.8. The number of methoxy groups -OCH3 is 1. The van der Waals surface area contributed by atoms with Crippen LogP contribution in [0.25, 0.3) is 0 Å². The fourth-order valence-electron chi connectivity index (χ4n) is 2.68. The zero-order chi connectivity index (χ0) is 17.4. The van der Waals surface area contributed by atoms with Gasteiger partial charge in [0.1, 0.15) is 6.61 Å². The Bertz CT molecular complexity index is 507. The van der Waals surface area contributed by atoms with Gasteiger partial charge in [0.05, 0.1) is 6.61 Å². The third kappa shape index (κ3) is 5.65. The molecule has 0 aliphatic carbocycles. The van der Waals surface area contributed by atoms with Crippen LogP contribution in [-0.2, 0) is 11.3 Å². The first-order valence-corrected chi connectivity index (χ1v) is 8.36. The molecule has 1 fully saturated rings. The highest BCUT2D eigenvalue weighted by atomic mass is 16.5. The number of urea groups is 1. The second-order valence-electron chi connectivity index (χ2n) is 6.21. The molecule has 0 spiro atoms. The molecule has 0 radical (unpaired) electrons. The SMILES string of the molecule is COCCOc1ccc(CNC(=O)N2CCC[C@H](N(C)C)C2)cn1. The van der Waals surface area contributed by atoms with E-state index in [1.165, 1.54) is 0 Å². The van der Waals surface area contributed by atoms with Crippen LogP contribution in [0, 0.1) is 0 Å². The van der Waals surface area contributed by atoms with Crippen LogP contribution in [-0.4, -0.2) is 74.4 Å². The molecular weight excluding hydrogens is 308 g/mol. The molecule has 1 aromatic heterocycles. The van der Waals surface area contributed by atoms with E-state index in [4.69, 9.17) is 9.47 Å². The molecule has 2 rings (SSSR count). The molecule has 0 aromatic carbocycles. The average Bonchev–Trinajstić information content (AvgIpc) is 2.61. The number of pyridine rings is 1. The van der Waals surface area contributed by atoms with Gasteiger partial charge in [-0.15, -0.1) is 0 Å². The second kappa shape index (κ2) is 9.44. The van der Waals surface area contributed by atoms with Gasteiger partial charge in [-0.2, -0.15) is 0 Å². The maximum absolute atomic E-state index is 12.3. The summed E-state index contributed by atoms with van der Waals surface area (Å²) in [7, 11) is 5.76. The molecule has 2 amide bonds. The fraction of sp³-hybridized carbons (Fsp3) is 0.647. The first-order valence-electron chi connectivity index (χ1n) is 8.36. The molecule has 7 heteroatoms. The van der Waals surface area contributed by atoms with E-state index < -0.39 is 0 Å². The summed E-state index contributed by atoms with van der Waals surface area (Å²) in [6.45, 7) is 3.07. The van der Waals surface area contributed by atoms with E-state index in [0.29, 0.717) is 31.7 Å². The molecule has 7 nitrogen and oxygen atoms in total. The van der Waals surface area contributed by atoms with E-state index in [1.54, 1.807) is 19.4 Å². The van der Waals surface area contributed by atoms with Crippen molar-refractivity contribution >= 4 is 6.03 Å². The molecule has 1 N–H and O–H groups in total. The zero-order valence-corrected chi connectivity index (χ0v) is 14.8. The Balaban J connectivity index is 1.77. The summed E-state index contributed by atoms with van der Waals surface area (Å²) in [5.41, 5.74) is 0.948. The maximum Gasteiger partial charge on any atom is 0.317 e. The third-order valence-corrected chi connectivity index (χ3v) is 4.19. The van der Waals surface area contributed by atoms with Crippen LogP contribution >= 0.6 is 0 Å². The standard InChI is InChI=1S/C17H28N4O3/c1-20(2)15-5-4-8-21(13-15)17(22)19-12-14-6-7-16(18-11-14)24-10-9-23-3/h6-7,11,15H,4-5,8-10,12-13H2,1-3H3,(H,19,22)/t15-/m0/s1. The minimum atomic E-state index is -0.0121. The summed E-state index contributed by atoms with van der Waals surface area (Å²) in [6, 6.07) is 4.14. The highest BCUT2D eigenvalue weighted by Gasteiger charge is 2.24. The van der Waals surface area contributed by atoms with E-state index in [0.717, 1.165) is 31.5 Å². The molecule has 1 aliphatic rings. The van der Waals surface area contributed by atoms with Crippen LogP contribution in [0.1, 0.15) is 18.4 Å². The maximum atomic E-state index is 12.3. The lowest BCUT2D eigenvalue weighted by Crippen LogP contribution is -2.50. The Morgan fingerprint density at radius 3 is 2.92 bits per heavy atom. The summed E-state index contributed by atoms with van der Waals surface area (Å²) in [6.07, 6.45) is 3.91. The number of aromatic nitrogens is 1. The number of ether oxygens (including phenoxy) is 2. The minimum absolute atomic E-state index is 0.0121. The Kier molecular flexibility index (Phi) is 7.27. The minimum Gasteiger partial charge on any atom is -0.475 e. The number of rotatable bonds is 7. The molecule has 134 valence electrons. The Labute approximate surface area is 143 Å². The first kappa shape index (κ1) is 18.5. The molecule has 24 heavy (non-hydrogen) atoms. The van der Waals surface area contributed by atoms with Gasteiger partial charge in [0.25, 0.3) is 0 Å². The number of carbonyl (C=O) groups is 1. The number of nitrogens with zero attached hydrogens (tertiary/aromatic N) is 3. The molecule has 0 saturated carbocycles. The van der Waals surface area contributed by atoms with Crippen LogP contribution in [0.15, 0.2) is 18.3 Å². The van der Waals surface area contributed by atoms with Crippen molar-refractivity contribution in [3.05, 3.63) is 23.9 Å². The Morgan fingerprint density at radius 2 is 2.25 bits per heavy atom. The van der Waals surface area contributed by atoms with Crippen LogP contribution in [0.4, 0.5) is 4.79 Å². The lowest BCUT2D eigenvalue weighted by Gasteiger charge is -2.36. The predicted octanol–water partition coefficient (Wildman–Crippen LogP) is 1.34. The van der Waals surface area contributed by atoms with Gasteiger partial charge in [0.2, 0.25) is 5.88 Å². The Morgan fingerprint density at radius 1 is 1.42 bits per heavy atom. The van der Waals surface area contributed by atoms with Gasteiger partial charge in [-0.25, -0.2) is 9.78 Å². The fourth-order valence-corrected chi connectivity index (χ4v) is 2.68. The van der Waals surface area contributed by atoms with Crippen LogP contribution in [0.3, 0.4) is 0 Å². The molecule has 2 heterocycles. The van der Waals surface area contributed by atoms with Crippen molar-refractivity contribution in [2.75, 3.05) is 47.5 Å². The van der Waals surface area contributed by atoms with Crippen molar-refractivity contribution in [2.24, 2.45) is 0 Å². The summed E-state index contributed by atoms with van der Waals surface area (Å²) in [5, 5.41) is 2.97. The monoisotopic (exact) mass is 336 g/mol. The van der Waals surface area contributed by atoms with Crippen molar-refractivity contribution in [2.45, 2.75) is 25.4 Å². The summed E-state index contributed by atoms with van der Waals surface area (Å²) >= 11 is 0. The van der Waals surface area contributed by atoms with Gasteiger partial charge in [-0.3, -0.25) is 0 Å². The lowest BCUT2D eigenvalue weighted by molar-refractivity contribution is 0.139. The lowest BCUT2D eigenvalue weighted by atomic mass is 10.1. The average molecular weight is 336 g/mol. The van der Waals surface area contributed by atoms with E-state index in [1.807, 2.05) is 11.0 Å². The third-order valence-electron chi connectivity index (χ3n) is 4.19.